The molecule has 1 aliphatic rings. The third kappa shape index (κ3) is 3.83. The molecular formula is C22H29N5O. The van der Waals surface area contributed by atoms with E-state index in [0.29, 0.717) is 5.69 Å². The fourth-order valence-corrected chi connectivity index (χ4v) is 4.48. The molecule has 2 aromatic heterocycles. The normalized spacial score (nSPS) is 22.4. The van der Waals surface area contributed by atoms with Gasteiger partial charge < -0.3 is 20.2 Å². The highest BCUT2D eigenvalue weighted by Gasteiger charge is 2.36. The van der Waals surface area contributed by atoms with Gasteiger partial charge in [0.15, 0.2) is 0 Å². The number of nitrogens with one attached hydrogen (secondary N) is 3. The summed E-state index contributed by atoms with van der Waals surface area (Å²) in [5.41, 5.74) is 2.80. The zero-order chi connectivity index (χ0) is 19.6. The fraction of sp³-hybridized carbons (Fsp3) is 0.455. The van der Waals surface area contributed by atoms with Gasteiger partial charge in [0.1, 0.15) is 5.69 Å². The Hall–Kier alpha value is -2.60. The summed E-state index contributed by atoms with van der Waals surface area (Å²) in [5.74, 6) is 0.0986. The van der Waals surface area contributed by atoms with Gasteiger partial charge in [0.25, 0.3) is 5.91 Å². The summed E-state index contributed by atoms with van der Waals surface area (Å²) < 4.78 is 0. The van der Waals surface area contributed by atoms with E-state index < -0.39 is 0 Å². The van der Waals surface area contributed by atoms with Crippen LogP contribution in [0.3, 0.4) is 0 Å². The van der Waals surface area contributed by atoms with Crippen LogP contribution in [0.25, 0.3) is 10.9 Å². The van der Waals surface area contributed by atoms with Gasteiger partial charge in [-0.3, -0.25) is 4.79 Å². The maximum absolute atomic E-state index is 13.3. The number of H-pyrrole nitrogens is 2. The van der Waals surface area contributed by atoms with E-state index in [0.717, 1.165) is 55.4 Å². The molecule has 0 spiro atoms. The van der Waals surface area contributed by atoms with Crippen molar-refractivity contribution < 1.29 is 4.79 Å². The second-order valence-electron chi connectivity index (χ2n) is 8.10. The van der Waals surface area contributed by atoms with Crippen LogP contribution in [0.5, 0.6) is 0 Å². The van der Waals surface area contributed by atoms with E-state index in [1.807, 2.05) is 41.4 Å². The first kappa shape index (κ1) is 18.7. The average Bonchev–Trinajstić information content (AvgIpc) is 3.36. The highest BCUT2D eigenvalue weighted by molar-refractivity contribution is 5.98. The molecule has 3 N–H and O–H groups in total. The van der Waals surface area contributed by atoms with Gasteiger partial charge >= 0.3 is 0 Å². The number of aromatic amines is 2. The molecule has 0 radical (unpaired) electrons. The van der Waals surface area contributed by atoms with E-state index in [2.05, 4.69) is 34.1 Å². The third-order valence-electron chi connectivity index (χ3n) is 6.02. The van der Waals surface area contributed by atoms with Crippen molar-refractivity contribution in [1.29, 1.82) is 0 Å². The Morgan fingerprint density at radius 2 is 2.25 bits per heavy atom. The van der Waals surface area contributed by atoms with Gasteiger partial charge in [0, 0.05) is 47.5 Å². The predicted octanol–water partition coefficient (Wildman–Crippen LogP) is 3.84. The van der Waals surface area contributed by atoms with Gasteiger partial charge in [0.2, 0.25) is 0 Å². The van der Waals surface area contributed by atoms with Gasteiger partial charge in [-0.15, -0.1) is 0 Å². The third-order valence-corrected chi connectivity index (χ3v) is 6.02. The minimum absolute atomic E-state index is 0.0160. The fourth-order valence-electron chi connectivity index (χ4n) is 4.48. The van der Waals surface area contributed by atoms with Gasteiger partial charge in [-0.05, 0) is 51.7 Å². The molecule has 0 bridgehead atoms. The van der Waals surface area contributed by atoms with E-state index >= 15 is 0 Å². The lowest BCUT2D eigenvalue weighted by Crippen LogP contribution is -2.52. The van der Waals surface area contributed by atoms with E-state index in [-0.39, 0.29) is 17.5 Å². The molecule has 1 aromatic carbocycles. The van der Waals surface area contributed by atoms with Crippen LogP contribution in [0.1, 0.15) is 55.7 Å². The number of hydrogen-bond donors (Lipinski definition) is 3. The Labute approximate surface area is 165 Å². The maximum Gasteiger partial charge on any atom is 0.270 e. The Morgan fingerprint density at radius 3 is 3.00 bits per heavy atom. The van der Waals surface area contributed by atoms with Crippen LogP contribution in [0, 0.1) is 0 Å². The topological polar surface area (TPSA) is 76.8 Å². The number of amides is 1. The molecule has 2 heterocycles. The minimum Gasteiger partial charge on any atom is -0.351 e. The number of carbonyl (C=O) groups is 1. The van der Waals surface area contributed by atoms with E-state index in [1.54, 1.807) is 6.33 Å². The van der Waals surface area contributed by atoms with Gasteiger partial charge in [0.05, 0.1) is 6.33 Å². The Balaban J connectivity index is 1.47. The van der Waals surface area contributed by atoms with Gasteiger partial charge in [-0.2, -0.15) is 0 Å². The number of hydrogen-bond acceptors (Lipinski definition) is 3. The summed E-state index contributed by atoms with van der Waals surface area (Å²) in [6, 6.07) is 10.3. The van der Waals surface area contributed by atoms with Crippen molar-refractivity contribution in [2.75, 3.05) is 6.54 Å². The number of para-hydroxylation sites is 1. The molecule has 2 atom stereocenters. The van der Waals surface area contributed by atoms with Crippen molar-refractivity contribution in [1.82, 2.24) is 25.2 Å². The summed E-state index contributed by atoms with van der Waals surface area (Å²) in [6.07, 6.45) is 7.82. The quantitative estimate of drug-likeness (QED) is 0.609. The molecule has 1 amide bonds. The lowest BCUT2D eigenvalue weighted by atomic mass is 9.79. The van der Waals surface area contributed by atoms with Crippen LogP contribution in [-0.4, -0.2) is 43.9 Å². The molecule has 1 fully saturated rings. The predicted molar refractivity (Wildman–Crippen MR) is 111 cm³/mol. The second-order valence-corrected chi connectivity index (χ2v) is 8.10. The Bertz CT molecular complexity index is 898. The first-order chi connectivity index (χ1) is 13.6. The number of fused-ring (bicyclic) bond motifs is 1. The number of carbonyl (C=O) groups excluding carboxylic acids is 1. The molecular weight excluding hydrogens is 350 g/mol. The van der Waals surface area contributed by atoms with Crippen LogP contribution in [0.15, 0.2) is 42.9 Å². The molecule has 0 saturated heterocycles. The summed E-state index contributed by atoms with van der Waals surface area (Å²) in [7, 11) is 0. The zero-order valence-corrected chi connectivity index (χ0v) is 16.7. The molecule has 0 aliphatic heterocycles. The SMILES string of the molecule is CCN(C(=O)c1cc2ccccc2[nH]1)[C@H]1CCCC(C)(NCc2cnc[nH]2)C1. The molecule has 1 aliphatic carbocycles. The number of aromatic nitrogens is 3. The summed E-state index contributed by atoms with van der Waals surface area (Å²) >= 11 is 0. The van der Waals surface area contributed by atoms with E-state index in [9.17, 15) is 4.79 Å². The molecule has 6 nitrogen and oxygen atoms in total. The summed E-state index contributed by atoms with van der Waals surface area (Å²) in [6.45, 7) is 5.84. The van der Waals surface area contributed by atoms with Crippen molar-refractivity contribution in [3.8, 4) is 0 Å². The molecule has 4 rings (SSSR count). The van der Waals surface area contributed by atoms with Crippen molar-refractivity contribution >= 4 is 16.8 Å². The summed E-state index contributed by atoms with van der Waals surface area (Å²) in [4.78, 5) is 25.8. The van der Waals surface area contributed by atoms with Gasteiger partial charge in [-0.25, -0.2) is 4.98 Å². The maximum atomic E-state index is 13.3. The monoisotopic (exact) mass is 379 g/mol. The van der Waals surface area contributed by atoms with Crippen LogP contribution in [-0.2, 0) is 6.54 Å². The molecule has 28 heavy (non-hydrogen) atoms. The average molecular weight is 380 g/mol. The standard InChI is InChI=1S/C22H29N5O/c1-3-27(21(28)20-11-16-7-4-5-9-19(16)26-20)18-8-6-10-22(2,12-18)25-14-17-13-23-15-24-17/h4-5,7,9,11,13,15,18,25-26H,3,6,8,10,12,14H2,1-2H3,(H,23,24)/t18-,22?/m0/s1. The van der Waals surface area contributed by atoms with Crippen LogP contribution >= 0.6 is 0 Å². The number of benzene rings is 1. The van der Waals surface area contributed by atoms with Crippen LogP contribution in [0.4, 0.5) is 0 Å². The first-order valence-corrected chi connectivity index (χ1v) is 10.2. The van der Waals surface area contributed by atoms with Crippen LogP contribution in [0.2, 0.25) is 0 Å². The molecule has 6 heteroatoms. The van der Waals surface area contributed by atoms with Crippen molar-refractivity contribution in [3.63, 3.8) is 0 Å². The number of rotatable bonds is 6. The van der Waals surface area contributed by atoms with Crippen LogP contribution < -0.4 is 5.32 Å². The van der Waals surface area contributed by atoms with E-state index in [4.69, 9.17) is 0 Å². The number of nitrogens with zero attached hydrogens (tertiary/aromatic N) is 2. The Morgan fingerprint density at radius 1 is 1.39 bits per heavy atom. The minimum atomic E-state index is 0.0160. The molecule has 1 unspecified atom stereocenters. The van der Waals surface area contributed by atoms with Gasteiger partial charge in [-0.1, -0.05) is 18.2 Å². The van der Waals surface area contributed by atoms with Crippen molar-refractivity contribution in [3.05, 3.63) is 54.2 Å². The molecule has 148 valence electrons. The highest BCUT2D eigenvalue weighted by atomic mass is 16.2. The lowest BCUT2D eigenvalue weighted by molar-refractivity contribution is 0.0570. The van der Waals surface area contributed by atoms with E-state index in [1.165, 1.54) is 0 Å². The zero-order valence-electron chi connectivity index (χ0n) is 16.7. The highest BCUT2D eigenvalue weighted by Crippen LogP contribution is 2.32. The van der Waals surface area contributed by atoms with Crippen molar-refractivity contribution in [2.45, 2.75) is 57.7 Å². The lowest BCUT2D eigenvalue weighted by Gasteiger charge is -2.43. The number of imidazole rings is 1. The first-order valence-electron chi connectivity index (χ1n) is 10.2. The molecule has 3 aromatic rings. The Kier molecular flexibility index (Phi) is 5.22. The smallest absolute Gasteiger partial charge is 0.270 e. The van der Waals surface area contributed by atoms with Crippen molar-refractivity contribution in [2.24, 2.45) is 0 Å². The molecule has 1 saturated carbocycles. The second kappa shape index (κ2) is 7.80. The summed E-state index contributed by atoms with van der Waals surface area (Å²) in [5, 5.41) is 4.77. The largest absolute Gasteiger partial charge is 0.351 e.